The number of pyridine rings is 1. The minimum atomic E-state index is 0.802. The first-order chi connectivity index (χ1) is 14.3. The highest BCUT2D eigenvalue weighted by atomic mass is 16.5. The third kappa shape index (κ3) is 4.06. The molecule has 4 aromatic rings. The summed E-state index contributed by atoms with van der Waals surface area (Å²) in [5.41, 5.74) is 5.01. The molecule has 0 atom stereocenters. The van der Waals surface area contributed by atoms with Crippen LogP contribution in [0.15, 0.2) is 97.2 Å². The largest absolute Gasteiger partial charge is 0.497 e. The van der Waals surface area contributed by atoms with Crippen molar-refractivity contribution in [2.75, 3.05) is 19.1 Å². The van der Waals surface area contributed by atoms with Gasteiger partial charge in [0.15, 0.2) is 0 Å². The van der Waals surface area contributed by atoms with E-state index in [1.54, 1.807) is 14.2 Å². The Morgan fingerprint density at radius 3 is 1.76 bits per heavy atom. The number of hydrogen-bond donors (Lipinski definition) is 0. The summed E-state index contributed by atoms with van der Waals surface area (Å²) in [7, 11) is 3.35. The maximum Gasteiger partial charge on any atom is 0.120 e. The molecule has 0 N–H and O–H groups in total. The van der Waals surface area contributed by atoms with Gasteiger partial charge in [-0.25, -0.2) is 0 Å². The molecule has 0 saturated carbocycles. The molecule has 1 aromatic heterocycles. The summed E-state index contributed by atoms with van der Waals surface area (Å²) in [5.74, 6) is 1.60. The molecule has 0 radical (unpaired) electrons. The van der Waals surface area contributed by atoms with Gasteiger partial charge in [-0.3, -0.25) is 4.98 Å². The molecule has 0 spiro atoms. The summed E-state index contributed by atoms with van der Waals surface area (Å²) in [6.07, 6.45) is 1.81. The zero-order valence-electron chi connectivity index (χ0n) is 16.4. The molecule has 0 aliphatic carbocycles. The quantitative estimate of drug-likeness (QED) is 0.396. The number of anilines is 3. The summed E-state index contributed by atoms with van der Waals surface area (Å²) < 4.78 is 10.9. The zero-order valence-corrected chi connectivity index (χ0v) is 16.4. The molecule has 0 aliphatic rings. The fourth-order valence-corrected chi connectivity index (χ4v) is 3.28. The van der Waals surface area contributed by atoms with Crippen molar-refractivity contribution in [1.29, 1.82) is 0 Å². The molecule has 29 heavy (non-hydrogen) atoms. The lowest BCUT2D eigenvalue weighted by Crippen LogP contribution is -2.10. The summed E-state index contributed by atoms with van der Waals surface area (Å²) in [5, 5.41) is 0. The van der Waals surface area contributed by atoms with Gasteiger partial charge in [0.05, 0.1) is 19.9 Å². The summed E-state index contributed by atoms with van der Waals surface area (Å²) in [4.78, 5) is 6.67. The molecular weight excluding hydrogens is 360 g/mol. The summed E-state index contributed by atoms with van der Waals surface area (Å²) in [6.45, 7) is 0. The van der Waals surface area contributed by atoms with Crippen LogP contribution in [0, 0.1) is 0 Å². The highest BCUT2D eigenvalue weighted by molar-refractivity contribution is 5.80. The van der Waals surface area contributed by atoms with Gasteiger partial charge in [0, 0.05) is 41.0 Å². The number of ether oxygens (including phenoxy) is 2. The van der Waals surface area contributed by atoms with Gasteiger partial charge in [-0.1, -0.05) is 30.3 Å². The molecular formula is C25H22N2O2. The predicted octanol–water partition coefficient (Wildman–Crippen LogP) is 6.24. The molecule has 4 nitrogen and oxygen atoms in total. The van der Waals surface area contributed by atoms with Crippen molar-refractivity contribution in [2.24, 2.45) is 0 Å². The molecule has 3 aromatic carbocycles. The van der Waals surface area contributed by atoms with E-state index in [0.29, 0.717) is 0 Å². The van der Waals surface area contributed by atoms with Gasteiger partial charge in [0.25, 0.3) is 0 Å². The maximum absolute atomic E-state index is 5.45. The van der Waals surface area contributed by atoms with Crippen LogP contribution in [0.5, 0.6) is 11.5 Å². The van der Waals surface area contributed by atoms with Gasteiger partial charge in [0.1, 0.15) is 11.5 Å². The Hall–Kier alpha value is -3.79. The van der Waals surface area contributed by atoms with Crippen molar-refractivity contribution in [2.45, 2.75) is 0 Å². The second-order valence-electron chi connectivity index (χ2n) is 6.50. The van der Waals surface area contributed by atoms with Gasteiger partial charge >= 0.3 is 0 Å². The number of benzene rings is 3. The first kappa shape index (κ1) is 18.6. The number of hydrogen-bond acceptors (Lipinski definition) is 4. The Morgan fingerprint density at radius 2 is 1.21 bits per heavy atom. The molecule has 4 rings (SSSR count). The first-order valence-electron chi connectivity index (χ1n) is 9.38. The van der Waals surface area contributed by atoms with Gasteiger partial charge < -0.3 is 14.4 Å². The SMILES string of the molecule is COc1cccc(N(c2cccc(OC)c2)c2cccc(-c3ccccn3)c2)c1. The van der Waals surface area contributed by atoms with E-state index in [-0.39, 0.29) is 0 Å². The van der Waals surface area contributed by atoms with Crippen LogP contribution < -0.4 is 14.4 Å². The van der Waals surface area contributed by atoms with E-state index in [0.717, 1.165) is 39.8 Å². The van der Waals surface area contributed by atoms with Crippen LogP contribution in [0.25, 0.3) is 11.3 Å². The lowest BCUT2D eigenvalue weighted by Gasteiger charge is -2.26. The average Bonchev–Trinajstić information content (AvgIpc) is 2.80. The standard InChI is InChI=1S/C25H22N2O2/c1-28-23-12-6-10-21(17-23)27(22-11-7-13-24(18-22)29-2)20-9-5-8-19(16-20)25-14-3-4-15-26-25/h3-18H,1-2H3. The molecule has 144 valence electrons. The number of rotatable bonds is 6. The Balaban J connectivity index is 1.86. The third-order valence-electron chi connectivity index (χ3n) is 4.69. The minimum absolute atomic E-state index is 0.802. The van der Waals surface area contributed by atoms with Crippen molar-refractivity contribution in [3.05, 3.63) is 97.2 Å². The van der Waals surface area contributed by atoms with Crippen molar-refractivity contribution in [1.82, 2.24) is 4.98 Å². The van der Waals surface area contributed by atoms with Gasteiger partial charge in [-0.2, -0.15) is 0 Å². The van der Waals surface area contributed by atoms with Crippen LogP contribution in [0.2, 0.25) is 0 Å². The van der Waals surface area contributed by atoms with Crippen molar-refractivity contribution >= 4 is 17.1 Å². The number of nitrogens with zero attached hydrogens (tertiary/aromatic N) is 2. The molecule has 4 heteroatoms. The second-order valence-corrected chi connectivity index (χ2v) is 6.50. The first-order valence-corrected chi connectivity index (χ1v) is 9.38. The Kier molecular flexibility index (Phi) is 5.43. The lowest BCUT2D eigenvalue weighted by atomic mass is 10.1. The van der Waals surface area contributed by atoms with Crippen LogP contribution in [0.1, 0.15) is 0 Å². The van der Waals surface area contributed by atoms with E-state index >= 15 is 0 Å². The minimum Gasteiger partial charge on any atom is -0.497 e. The van der Waals surface area contributed by atoms with Crippen molar-refractivity contribution in [3.8, 4) is 22.8 Å². The third-order valence-corrected chi connectivity index (χ3v) is 4.69. The fraction of sp³-hybridized carbons (Fsp3) is 0.0800. The number of aromatic nitrogens is 1. The zero-order chi connectivity index (χ0) is 20.1. The molecule has 0 unspecified atom stereocenters. The van der Waals surface area contributed by atoms with Crippen molar-refractivity contribution < 1.29 is 9.47 Å². The number of methoxy groups -OCH3 is 2. The van der Waals surface area contributed by atoms with Crippen LogP contribution in [0.3, 0.4) is 0 Å². The second kappa shape index (κ2) is 8.48. The molecule has 1 heterocycles. The predicted molar refractivity (Wildman–Crippen MR) is 117 cm³/mol. The van der Waals surface area contributed by atoms with E-state index < -0.39 is 0 Å². The van der Waals surface area contributed by atoms with E-state index in [4.69, 9.17) is 9.47 Å². The molecule has 0 saturated heterocycles. The van der Waals surface area contributed by atoms with E-state index in [9.17, 15) is 0 Å². The molecule has 0 fully saturated rings. The van der Waals surface area contributed by atoms with E-state index in [1.165, 1.54) is 0 Å². The Labute approximate surface area is 171 Å². The summed E-state index contributed by atoms with van der Waals surface area (Å²) >= 11 is 0. The topological polar surface area (TPSA) is 34.6 Å². The lowest BCUT2D eigenvalue weighted by molar-refractivity contribution is 0.414. The van der Waals surface area contributed by atoms with E-state index in [2.05, 4.69) is 40.2 Å². The van der Waals surface area contributed by atoms with E-state index in [1.807, 2.05) is 66.9 Å². The maximum atomic E-state index is 5.45. The van der Waals surface area contributed by atoms with Gasteiger partial charge in [-0.05, 0) is 48.5 Å². The van der Waals surface area contributed by atoms with Crippen LogP contribution >= 0.6 is 0 Å². The monoisotopic (exact) mass is 382 g/mol. The highest BCUT2D eigenvalue weighted by Gasteiger charge is 2.15. The molecule has 0 amide bonds. The average molecular weight is 382 g/mol. The van der Waals surface area contributed by atoms with Gasteiger partial charge in [-0.15, -0.1) is 0 Å². The smallest absolute Gasteiger partial charge is 0.120 e. The molecule has 0 bridgehead atoms. The Morgan fingerprint density at radius 1 is 0.621 bits per heavy atom. The highest BCUT2D eigenvalue weighted by Crippen LogP contribution is 2.38. The van der Waals surface area contributed by atoms with Crippen LogP contribution in [-0.2, 0) is 0 Å². The van der Waals surface area contributed by atoms with Crippen LogP contribution in [0.4, 0.5) is 17.1 Å². The normalized spacial score (nSPS) is 10.4. The fourth-order valence-electron chi connectivity index (χ4n) is 3.28. The Bertz CT molecular complexity index is 1050. The summed E-state index contributed by atoms with van der Waals surface area (Å²) in [6, 6.07) is 30.3. The molecule has 0 aliphatic heterocycles. The van der Waals surface area contributed by atoms with Crippen molar-refractivity contribution in [3.63, 3.8) is 0 Å². The van der Waals surface area contributed by atoms with Gasteiger partial charge in [0.2, 0.25) is 0 Å². The van der Waals surface area contributed by atoms with Crippen LogP contribution in [-0.4, -0.2) is 19.2 Å².